The van der Waals surface area contributed by atoms with Crippen LogP contribution in [0.15, 0.2) is 41.7 Å². The van der Waals surface area contributed by atoms with E-state index in [2.05, 4.69) is 23.0 Å². The van der Waals surface area contributed by atoms with Crippen LogP contribution in [0.4, 0.5) is 5.69 Å². The molecular formula is C21H29Cl2N3O. The molecule has 0 spiro atoms. The molecule has 0 saturated heterocycles. The molecule has 0 aliphatic heterocycles. The van der Waals surface area contributed by atoms with Gasteiger partial charge in [-0.3, -0.25) is 4.98 Å². The Hall–Kier alpha value is -2.22. The van der Waals surface area contributed by atoms with Crippen molar-refractivity contribution in [3.8, 4) is 12.8 Å². The molecule has 0 unspecified atom stereocenters. The highest BCUT2D eigenvalue weighted by Crippen LogP contribution is 2.26. The molecule has 2 aromatic rings. The van der Waals surface area contributed by atoms with Crippen LogP contribution in [0.2, 0.25) is 10.0 Å². The number of benzene rings is 1. The molecule has 0 amide bonds. The second-order valence-electron chi connectivity index (χ2n) is 4.34. The maximum atomic E-state index is 6.17. The molecule has 0 bridgehead atoms. The van der Waals surface area contributed by atoms with E-state index in [4.69, 9.17) is 33.8 Å². The maximum Gasteiger partial charge on any atom is 0.159 e. The molecule has 2 rings (SSSR count). The predicted octanol–water partition coefficient (Wildman–Crippen LogP) is 6.60. The van der Waals surface area contributed by atoms with Gasteiger partial charge in [0.05, 0.1) is 21.5 Å². The molecule has 27 heavy (non-hydrogen) atoms. The standard InChI is InChI=1S/C15H15Cl2N3O.2C2H6.C2H2/c1-2-14(15-12(16)4-3-5-13(15)17)20-21-9-11-8-10(18)6-7-19-11;3*1-2/h3-8H,2,9H2,1H3,(H2,18,19);2*1-2H3;1-2H/b20-14+;;;. The van der Waals surface area contributed by atoms with Gasteiger partial charge in [0.1, 0.15) is 0 Å². The summed E-state index contributed by atoms with van der Waals surface area (Å²) in [5, 5.41) is 5.23. The van der Waals surface area contributed by atoms with E-state index in [-0.39, 0.29) is 6.61 Å². The van der Waals surface area contributed by atoms with Crippen molar-refractivity contribution >= 4 is 34.6 Å². The van der Waals surface area contributed by atoms with Gasteiger partial charge in [-0.1, -0.05) is 69.0 Å². The van der Waals surface area contributed by atoms with Gasteiger partial charge in [-0.05, 0) is 30.7 Å². The van der Waals surface area contributed by atoms with Crippen LogP contribution in [0, 0.1) is 12.8 Å². The fourth-order valence-corrected chi connectivity index (χ4v) is 2.43. The highest BCUT2D eigenvalue weighted by Gasteiger charge is 2.11. The number of rotatable bonds is 5. The second kappa shape index (κ2) is 17.2. The SMILES string of the molecule is C#C.CC.CC.CC/C(=N\OCc1cc(N)ccn1)c1c(Cl)cccc1Cl. The Kier molecular flexibility index (Phi) is 17.2. The zero-order valence-corrected chi connectivity index (χ0v) is 18.2. The summed E-state index contributed by atoms with van der Waals surface area (Å²) < 4.78 is 0. The number of nitrogen functional groups attached to an aromatic ring is 1. The number of oxime groups is 1. The van der Waals surface area contributed by atoms with Gasteiger partial charge in [0.2, 0.25) is 0 Å². The van der Waals surface area contributed by atoms with Crippen LogP contribution in [-0.4, -0.2) is 10.7 Å². The molecule has 6 heteroatoms. The number of hydrogen-bond acceptors (Lipinski definition) is 4. The summed E-state index contributed by atoms with van der Waals surface area (Å²) in [7, 11) is 0. The molecule has 1 aromatic carbocycles. The summed E-state index contributed by atoms with van der Waals surface area (Å²) in [4.78, 5) is 9.49. The molecule has 1 heterocycles. The third-order valence-corrected chi connectivity index (χ3v) is 3.44. The number of nitrogens with two attached hydrogens (primary N) is 1. The normalized spacial score (nSPS) is 9.44. The molecule has 148 valence electrons. The summed E-state index contributed by atoms with van der Waals surface area (Å²) in [5.41, 5.74) is 8.41. The first-order valence-corrected chi connectivity index (χ1v) is 9.54. The van der Waals surface area contributed by atoms with Crippen LogP contribution in [0.1, 0.15) is 52.3 Å². The van der Waals surface area contributed by atoms with Gasteiger partial charge in [-0.2, -0.15) is 0 Å². The van der Waals surface area contributed by atoms with E-state index in [9.17, 15) is 0 Å². The van der Waals surface area contributed by atoms with Crippen LogP contribution in [0.3, 0.4) is 0 Å². The molecule has 0 atom stereocenters. The number of aromatic nitrogens is 1. The van der Waals surface area contributed by atoms with Crippen molar-refractivity contribution in [3.63, 3.8) is 0 Å². The van der Waals surface area contributed by atoms with Crippen molar-refractivity contribution < 1.29 is 4.84 Å². The van der Waals surface area contributed by atoms with E-state index in [0.29, 0.717) is 39.1 Å². The Morgan fingerprint density at radius 2 is 1.67 bits per heavy atom. The molecule has 0 aliphatic rings. The average molecular weight is 410 g/mol. The second-order valence-corrected chi connectivity index (χ2v) is 5.16. The topological polar surface area (TPSA) is 60.5 Å². The highest BCUT2D eigenvalue weighted by molar-refractivity contribution is 6.40. The van der Waals surface area contributed by atoms with Crippen molar-refractivity contribution in [3.05, 3.63) is 57.8 Å². The van der Waals surface area contributed by atoms with Gasteiger partial charge < -0.3 is 10.6 Å². The minimum atomic E-state index is 0.233. The van der Waals surface area contributed by atoms with Gasteiger partial charge in [0.15, 0.2) is 6.61 Å². The van der Waals surface area contributed by atoms with E-state index in [0.717, 1.165) is 0 Å². The molecule has 4 nitrogen and oxygen atoms in total. The van der Waals surface area contributed by atoms with Crippen LogP contribution in [-0.2, 0) is 11.4 Å². The third-order valence-electron chi connectivity index (χ3n) is 2.81. The number of nitrogens with zero attached hydrogens (tertiary/aromatic N) is 2. The van der Waals surface area contributed by atoms with Crippen molar-refractivity contribution in [2.24, 2.45) is 5.16 Å². The van der Waals surface area contributed by atoms with Crippen LogP contribution < -0.4 is 5.73 Å². The van der Waals surface area contributed by atoms with Crippen molar-refractivity contribution in [1.29, 1.82) is 0 Å². The lowest BCUT2D eigenvalue weighted by Gasteiger charge is -2.08. The molecule has 2 N–H and O–H groups in total. The smallest absolute Gasteiger partial charge is 0.159 e. The lowest BCUT2D eigenvalue weighted by molar-refractivity contribution is 0.127. The van der Waals surface area contributed by atoms with Gasteiger partial charge >= 0.3 is 0 Å². The van der Waals surface area contributed by atoms with E-state index in [1.165, 1.54) is 0 Å². The molecule has 0 radical (unpaired) electrons. The molecule has 1 aromatic heterocycles. The summed E-state index contributed by atoms with van der Waals surface area (Å²) in [5.74, 6) is 0. The Labute approximate surface area is 173 Å². The minimum absolute atomic E-state index is 0.233. The van der Waals surface area contributed by atoms with E-state index < -0.39 is 0 Å². The Balaban J connectivity index is 0. The van der Waals surface area contributed by atoms with Crippen LogP contribution in [0.5, 0.6) is 0 Å². The van der Waals surface area contributed by atoms with Gasteiger partial charge in [0.25, 0.3) is 0 Å². The van der Waals surface area contributed by atoms with Crippen molar-refractivity contribution in [2.75, 3.05) is 5.73 Å². The van der Waals surface area contributed by atoms with Gasteiger partial charge in [0, 0.05) is 17.4 Å². The monoisotopic (exact) mass is 409 g/mol. The van der Waals surface area contributed by atoms with Crippen LogP contribution in [0.25, 0.3) is 0 Å². The highest BCUT2D eigenvalue weighted by atomic mass is 35.5. The summed E-state index contributed by atoms with van der Waals surface area (Å²) in [6.45, 7) is 10.2. The quantitative estimate of drug-likeness (QED) is 0.343. The van der Waals surface area contributed by atoms with Gasteiger partial charge in [-0.25, -0.2) is 0 Å². The fourth-order valence-electron chi connectivity index (χ4n) is 1.81. The van der Waals surface area contributed by atoms with Crippen molar-refractivity contribution in [1.82, 2.24) is 4.98 Å². The minimum Gasteiger partial charge on any atom is -0.399 e. The van der Waals surface area contributed by atoms with E-state index >= 15 is 0 Å². The average Bonchev–Trinajstić information content (AvgIpc) is 2.71. The zero-order chi connectivity index (χ0) is 21.2. The predicted molar refractivity (Wildman–Crippen MR) is 119 cm³/mol. The number of halogens is 2. The largest absolute Gasteiger partial charge is 0.399 e. The first kappa shape index (κ1) is 27.0. The summed E-state index contributed by atoms with van der Waals surface area (Å²) in [6, 6.07) is 8.79. The Bertz CT molecular complexity index is 681. The lowest BCUT2D eigenvalue weighted by atomic mass is 10.1. The fraction of sp³-hybridized carbons (Fsp3) is 0.333. The molecule has 0 fully saturated rings. The Morgan fingerprint density at radius 1 is 1.11 bits per heavy atom. The number of pyridine rings is 1. The van der Waals surface area contributed by atoms with Crippen LogP contribution >= 0.6 is 23.2 Å². The van der Waals surface area contributed by atoms with Gasteiger partial charge in [-0.15, -0.1) is 12.8 Å². The molecule has 0 aliphatic carbocycles. The Morgan fingerprint density at radius 3 is 2.15 bits per heavy atom. The number of hydrogen-bond donors (Lipinski definition) is 1. The zero-order valence-electron chi connectivity index (χ0n) is 16.7. The van der Waals surface area contributed by atoms with Crippen molar-refractivity contribution in [2.45, 2.75) is 47.6 Å². The lowest BCUT2D eigenvalue weighted by Crippen LogP contribution is -2.03. The first-order valence-electron chi connectivity index (χ1n) is 8.78. The summed E-state index contributed by atoms with van der Waals surface area (Å²) >= 11 is 12.3. The molecule has 0 saturated carbocycles. The number of anilines is 1. The number of terminal acetylenes is 1. The summed E-state index contributed by atoms with van der Waals surface area (Å²) in [6.07, 6.45) is 10.3. The molecular weight excluding hydrogens is 381 g/mol. The van der Waals surface area contributed by atoms with E-state index in [1.807, 2.05) is 34.6 Å². The third kappa shape index (κ3) is 9.89. The first-order chi connectivity index (χ1) is 13.1. The van der Waals surface area contributed by atoms with E-state index in [1.54, 1.807) is 36.5 Å². The maximum absolute atomic E-state index is 6.17.